The standard InChI is InChI=1S/C17H14O9.C15H12O7.C2H4O2/c18-8-4-11(21)14-12(5-8)26-16(7-1-2-9(19)10(20)3-7)17(15(14)24)25-6-13(22)23;16-7-4-10(19)12-11(5-7)22-15(14(21)13(12)20)6-1-2-8(17)9(18)3-6;1-2(3)4/h1-5,16-21H,6H2,(H,22,23);1-5,14-19,21H;1H3,(H,3,4)/t16-,17+;14-,15+;/m10./s1. The predicted molar refractivity (Wildman–Crippen MR) is 171 cm³/mol. The van der Waals surface area contributed by atoms with E-state index in [2.05, 4.69) is 0 Å². The van der Waals surface area contributed by atoms with Gasteiger partial charge in [-0.2, -0.15) is 0 Å². The fourth-order valence-electron chi connectivity index (χ4n) is 5.07. The molecule has 0 bridgehead atoms. The summed E-state index contributed by atoms with van der Waals surface area (Å²) in [4.78, 5) is 44.8. The van der Waals surface area contributed by atoms with Crippen molar-refractivity contribution in [2.75, 3.05) is 6.61 Å². The van der Waals surface area contributed by atoms with Gasteiger partial charge in [0.05, 0.1) is 0 Å². The number of aliphatic hydroxyl groups excluding tert-OH is 1. The van der Waals surface area contributed by atoms with Crippen LogP contribution in [-0.4, -0.2) is 98.5 Å². The number of ether oxygens (including phenoxy) is 3. The third kappa shape index (κ3) is 8.26. The summed E-state index contributed by atoms with van der Waals surface area (Å²) in [6, 6.07) is 11.6. The number of carboxylic acids is 2. The largest absolute Gasteiger partial charge is 0.508 e. The van der Waals surface area contributed by atoms with Crippen LogP contribution in [0.3, 0.4) is 0 Å². The molecule has 4 aromatic rings. The van der Waals surface area contributed by atoms with Crippen LogP contribution >= 0.6 is 0 Å². The van der Waals surface area contributed by atoms with Crippen LogP contribution in [0, 0.1) is 0 Å². The predicted octanol–water partition coefficient (Wildman–Crippen LogP) is 2.57. The summed E-state index contributed by atoms with van der Waals surface area (Å²) in [6.45, 7) is 0.286. The van der Waals surface area contributed by atoms with Gasteiger partial charge in [-0.3, -0.25) is 14.4 Å². The average molecular weight is 727 g/mol. The van der Waals surface area contributed by atoms with Crippen LogP contribution in [0.25, 0.3) is 0 Å². The number of aliphatic hydroxyl groups is 1. The highest BCUT2D eigenvalue weighted by molar-refractivity contribution is 6.06. The summed E-state index contributed by atoms with van der Waals surface area (Å²) in [5, 5.41) is 103. The van der Waals surface area contributed by atoms with Crippen LogP contribution in [0.15, 0.2) is 60.7 Å². The quantitative estimate of drug-likeness (QED) is 0.132. The van der Waals surface area contributed by atoms with Gasteiger partial charge in [0.1, 0.15) is 52.2 Å². The molecule has 2 aliphatic rings. The first-order chi connectivity index (χ1) is 24.4. The number of hydrogen-bond donors (Lipinski definition) is 11. The minimum Gasteiger partial charge on any atom is -0.508 e. The molecule has 0 spiro atoms. The molecule has 4 aromatic carbocycles. The van der Waals surface area contributed by atoms with Crippen molar-refractivity contribution in [2.45, 2.75) is 31.3 Å². The third-order valence-electron chi connectivity index (χ3n) is 7.26. The van der Waals surface area contributed by atoms with Gasteiger partial charge in [0, 0.05) is 31.2 Å². The molecule has 52 heavy (non-hydrogen) atoms. The Labute approximate surface area is 291 Å². The topological polar surface area (TPSA) is 318 Å². The minimum atomic E-state index is -1.60. The molecule has 18 nitrogen and oxygen atoms in total. The molecule has 0 aromatic heterocycles. The van der Waals surface area contributed by atoms with E-state index in [1.807, 2.05) is 0 Å². The van der Waals surface area contributed by atoms with E-state index in [0.29, 0.717) is 0 Å². The number of fused-ring (bicyclic) bond motifs is 2. The van der Waals surface area contributed by atoms with Crippen molar-refractivity contribution in [3.63, 3.8) is 0 Å². The fourth-order valence-corrected chi connectivity index (χ4v) is 5.07. The van der Waals surface area contributed by atoms with Crippen molar-refractivity contribution in [3.8, 4) is 57.5 Å². The number of ketones is 2. The molecule has 11 N–H and O–H groups in total. The highest BCUT2D eigenvalue weighted by Gasteiger charge is 2.42. The normalized spacial score (nSPS) is 18.5. The number of aliphatic carboxylic acids is 2. The lowest BCUT2D eigenvalue weighted by Crippen LogP contribution is -2.39. The van der Waals surface area contributed by atoms with Crippen molar-refractivity contribution >= 4 is 23.5 Å². The smallest absolute Gasteiger partial charge is 0.329 e. The summed E-state index contributed by atoms with van der Waals surface area (Å²) in [7, 11) is 0. The maximum Gasteiger partial charge on any atom is 0.329 e. The SMILES string of the molecule is CC(=O)O.O=C(O)CO[C@H]1C(=O)c2c(O)cc(O)cc2O[C@@H]1c1ccc(O)c(O)c1.O=C1c2c(O)cc(O)cc2O[C@H](c2ccc(O)c(O)c2)[C@H]1O. The highest BCUT2D eigenvalue weighted by atomic mass is 16.6. The van der Waals surface area contributed by atoms with Gasteiger partial charge in [-0.25, -0.2) is 4.79 Å². The number of phenols is 8. The van der Waals surface area contributed by atoms with E-state index >= 15 is 0 Å². The average Bonchev–Trinajstić information content (AvgIpc) is 3.04. The van der Waals surface area contributed by atoms with Crippen LogP contribution in [0.2, 0.25) is 0 Å². The van der Waals surface area contributed by atoms with Crippen molar-refractivity contribution in [1.82, 2.24) is 0 Å². The Morgan fingerprint density at radius 3 is 1.48 bits per heavy atom. The lowest BCUT2D eigenvalue weighted by molar-refractivity contribution is -0.145. The Morgan fingerprint density at radius 1 is 0.615 bits per heavy atom. The van der Waals surface area contributed by atoms with E-state index in [1.54, 1.807) is 0 Å². The first-order valence-electron chi connectivity index (χ1n) is 14.7. The number of carbonyl (C=O) groups is 4. The van der Waals surface area contributed by atoms with Gasteiger partial charge in [-0.1, -0.05) is 12.1 Å². The number of carboxylic acid groups (broad SMARTS) is 2. The zero-order valence-corrected chi connectivity index (χ0v) is 26.6. The first kappa shape index (κ1) is 37.9. The van der Waals surface area contributed by atoms with Gasteiger partial charge in [0.25, 0.3) is 5.97 Å². The molecule has 6 rings (SSSR count). The van der Waals surface area contributed by atoms with Crippen molar-refractivity contribution in [2.24, 2.45) is 0 Å². The van der Waals surface area contributed by atoms with Gasteiger partial charge in [0.2, 0.25) is 11.6 Å². The Hall–Kier alpha value is -6.92. The van der Waals surface area contributed by atoms with Crippen LogP contribution < -0.4 is 9.47 Å². The molecule has 4 atom stereocenters. The number of benzene rings is 4. The number of aromatic hydroxyl groups is 8. The molecule has 0 unspecified atom stereocenters. The van der Waals surface area contributed by atoms with Crippen molar-refractivity contribution in [3.05, 3.63) is 82.9 Å². The van der Waals surface area contributed by atoms with Gasteiger partial charge in [0.15, 0.2) is 47.4 Å². The Morgan fingerprint density at radius 2 is 1.04 bits per heavy atom. The zero-order valence-electron chi connectivity index (χ0n) is 26.6. The van der Waals surface area contributed by atoms with Crippen molar-refractivity contribution in [1.29, 1.82) is 0 Å². The van der Waals surface area contributed by atoms with Gasteiger partial charge in [-0.05, 0) is 35.4 Å². The Balaban J connectivity index is 0.000000213. The number of phenolic OH excluding ortho intramolecular Hbond substituents is 8. The van der Waals surface area contributed by atoms with Crippen molar-refractivity contribution < 1.29 is 89.6 Å². The minimum absolute atomic E-state index is 0.0784. The molecule has 0 aliphatic carbocycles. The number of Topliss-reactive ketones (excluding diaryl/α,β-unsaturated/α-hetero) is 2. The van der Waals surface area contributed by atoms with E-state index in [9.17, 15) is 60.3 Å². The Kier molecular flexibility index (Phi) is 11.2. The van der Waals surface area contributed by atoms with E-state index in [4.69, 9.17) is 29.2 Å². The lowest BCUT2D eigenvalue weighted by Gasteiger charge is -2.32. The maximum atomic E-state index is 12.7. The molecule has 18 heteroatoms. The Bertz CT molecular complexity index is 2040. The van der Waals surface area contributed by atoms with Crippen LogP contribution in [0.5, 0.6) is 57.5 Å². The molecule has 2 aliphatic heterocycles. The van der Waals surface area contributed by atoms with Gasteiger partial charge in [-0.15, -0.1) is 0 Å². The molecule has 274 valence electrons. The molecule has 0 saturated heterocycles. The molecule has 0 amide bonds. The summed E-state index contributed by atoms with van der Waals surface area (Å²) in [5.74, 6) is -7.18. The summed E-state index contributed by atoms with van der Waals surface area (Å²) in [6.07, 6.45) is -5.36. The van der Waals surface area contributed by atoms with Crippen LogP contribution in [0.1, 0.15) is 51.0 Å². The fraction of sp³-hybridized carbons (Fsp3) is 0.176. The monoisotopic (exact) mass is 726 g/mol. The summed E-state index contributed by atoms with van der Waals surface area (Å²) >= 11 is 0. The second kappa shape index (κ2) is 15.3. The third-order valence-corrected chi connectivity index (χ3v) is 7.26. The second-order valence-electron chi connectivity index (χ2n) is 11.1. The number of carbonyl (C=O) groups excluding carboxylic acids is 2. The number of rotatable bonds is 5. The maximum absolute atomic E-state index is 12.7. The second-order valence-corrected chi connectivity index (χ2v) is 11.1. The zero-order chi connectivity index (χ0) is 38.6. The molecule has 0 saturated carbocycles. The molecule has 0 fully saturated rings. The summed E-state index contributed by atoms with van der Waals surface area (Å²) < 4.78 is 16.3. The van der Waals surface area contributed by atoms with E-state index in [0.717, 1.165) is 43.3 Å². The highest BCUT2D eigenvalue weighted by Crippen LogP contribution is 2.45. The van der Waals surface area contributed by atoms with Gasteiger partial charge < -0.3 is 70.4 Å². The molecule has 0 radical (unpaired) electrons. The molecular formula is C34H30O18. The molecule has 2 heterocycles. The first-order valence-corrected chi connectivity index (χ1v) is 14.7. The lowest BCUT2D eigenvalue weighted by atomic mass is 9.92. The van der Waals surface area contributed by atoms with Gasteiger partial charge >= 0.3 is 5.97 Å². The van der Waals surface area contributed by atoms with E-state index in [1.165, 1.54) is 24.3 Å². The van der Waals surface area contributed by atoms with Crippen LogP contribution in [0.4, 0.5) is 0 Å². The molecular weight excluding hydrogens is 696 g/mol. The number of hydrogen-bond acceptors (Lipinski definition) is 16. The summed E-state index contributed by atoms with van der Waals surface area (Å²) in [5.41, 5.74) is 0.00384. The van der Waals surface area contributed by atoms with E-state index < -0.39 is 83.3 Å². The van der Waals surface area contributed by atoms with Crippen LogP contribution in [-0.2, 0) is 14.3 Å². The van der Waals surface area contributed by atoms with E-state index in [-0.39, 0.29) is 51.0 Å².